The minimum absolute atomic E-state index is 0.117. The molecule has 0 bridgehead atoms. The van der Waals surface area contributed by atoms with Gasteiger partial charge in [0.15, 0.2) is 0 Å². The number of rotatable bonds is 10. The van der Waals surface area contributed by atoms with Crippen LogP contribution in [-0.2, 0) is 24.4 Å². The first kappa shape index (κ1) is 23.3. The molecule has 0 aliphatic heterocycles. The zero-order valence-electron chi connectivity index (χ0n) is 18.9. The minimum atomic E-state index is -0.122. The van der Waals surface area contributed by atoms with Crippen molar-refractivity contribution in [3.05, 3.63) is 101 Å². The van der Waals surface area contributed by atoms with Crippen molar-refractivity contribution in [1.82, 2.24) is 14.5 Å². The van der Waals surface area contributed by atoms with Crippen molar-refractivity contribution in [2.24, 2.45) is 0 Å². The first-order valence-corrected chi connectivity index (χ1v) is 11.8. The van der Waals surface area contributed by atoms with Gasteiger partial charge in [0.1, 0.15) is 5.75 Å². The van der Waals surface area contributed by atoms with Crippen molar-refractivity contribution in [3.63, 3.8) is 0 Å². The second-order valence-electron chi connectivity index (χ2n) is 7.73. The van der Waals surface area contributed by atoms with Gasteiger partial charge in [-0.05, 0) is 35.7 Å². The maximum absolute atomic E-state index is 13.6. The topological polar surface area (TPSA) is 76.5 Å². The van der Waals surface area contributed by atoms with Crippen molar-refractivity contribution in [3.8, 4) is 5.75 Å². The Morgan fingerprint density at radius 1 is 1.09 bits per heavy atom. The molecule has 0 spiro atoms. The van der Waals surface area contributed by atoms with E-state index < -0.39 is 0 Å². The van der Waals surface area contributed by atoms with E-state index in [0.29, 0.717) is 37.3 Å². The van der Waals surface area contributed by atoms with Crippen LogP contribution in [0.2, 0.25) is 0 Å². The van der Waals surface area contributed by atoms with Gasteiger partial charge in [-0.3, -0.25) is 9.59 Å². The molecule has 2 amide bonds. The lowest BCUT2D eigenvalue weighted by Gasteiger charge is -2.24. The number of thiophene rings is 1. The van der Waals surface area contributed by atoms with E-state index in [1.807, 2.05) is 52.5 Å². The molecule has 4 rings (SSSR count). The number of amides is 2. The highest BCUT2D eigenvalue weighted by atomic mass is 32.1. The fourth-order valence-electron chi connectivity index (χ4n) is 3.62. The van der Waals surface area contributed by atoms with Crippen molar-refractivity contribution in [2.45, 2.75) is 26.1 Å². The second kappa shape index (κ2) is 11.3. The van der Waals surface area contributed by atoms with Gasteiger partial charge in [0.2, 0.25) is 5.91 Å². The van der Waals surface area contributed by atoms with Crippen LogP contribution < -0.4 is 10.1 Å². The van der Waals surface area contributed by atoms with Crippen LogP contribution in [0.3, 0.4) is 0 Å². The molecule has 2 heterocycles. The lowest BCUT2D eigenvalue weighted by atomic mass is 10.1. The summed E-state index contributed by atoms with van der Waals surface area (Å²) in [6.45, 7) is 1.43. The number of methoxy groups -OCH3 is 1. The highest BCUT2D eigenvalue weighted by Crippen LogP contribution is 2.23. The van der Waals surface area contributed by atoms with Gasteiger partial charge in [0.05, 0.1) is 26.5 Å². The summed E-state index contributed by atoms with van der Waals surface area (Å²) < 4.78 is 7.34. The zero-order chi connectivity index (χ0) is 23.8. The van der Waals surface area contributed by atoms with Gasteiger partial charge in [-0.25, -0.2) is 4.98 Å². The lowest BCUT2D eigenvalue weighted by molar-refractivity contribution is -0.116. The van der Waals surface area contributed by atoms with Crippen molar-refractivity contribution in [1.29, 1.82) is 0 Å². The average molecular weight is 475 g/mol. The van der Waals surface area contributed by atoms with E-state index in [1.54, 1.807) is 60.1 Å². The smallest absolute Gasteiger partial charge is 0.254 e. The Balaban J connectivity index is 1.49. The van der Waals surface area contributed by atoms with Gasteiger partial charge in [-0.1, -0.05) is 30.3 Å². The fourth-order valence-corrected chi connectivity index (χ4v) is 4.33. The number of ether oxygens (including phenoxy) is 1. The summed E-state index contributed by atoms with van der Waals surface area (Å²) in [4.78, 5) is 32.8. The molecule has 34 heavy (non-hydrogen) atoms. The molecule has 8 heteroatoms. The van der Waals surface area contributed by atoms with Gasteiger partial charge < -0.3 is 19.5 Å². The molecule has 0 saturated heterocycles. The van der Waals surface area contributed by atoms with Crippen LogP contribution in [0.25, 0.3) is 0 Å². The van der Waals surface area contributed by atoms with Crippen LogP contribution in [-0.4, -0.2) is 33.4 Å². The predicted molar refractivity (Wildman–Crippen MR) is 133 cm³/mol. The lowest BCUT2D eigenvalue weighted by Crippen LogP contribution is -2.30. The zero-order valence-corrected chi connectivity index (χ0v) is 19.7. The molecule has 2 aromatic carbocycles. The highest BCUT2D eigenvalue weighted by Gasteiger charge is 2.19. The second-order valence-corrected chi connectivity index (χ2v) is 8.76. The fraction of sp³-hybridized carbons (Fsp3) is 0.192. The Kier molecular flexibility index (Phi) is 7.72. The molecule has 0 radical (unpaired) electrons. The predicted octanol–water partition coefficient (Wildman–Crippen LogP) is 4.82. The Hall–Kier alpha value is -3.91. The van der Waals surface area contributed by atoms with E-state index in [0.717, 1.165) is 16.2 Å². The number of nitrogens with one attached hydrogen (secondary N) is 1. The van der Waals surface area contributed by atoms with Crippen molar-refractivity contribution < 1.29 is 14.3 Å². The van der Waals surface area contributed by atoms with Crippen LogP contribution in [0.15, 0.2) is 84.8 Å². The third kappa shape index (κ3) is 6.11. The summed E-state index contributed by atoms with van der Waals surface area (Å²) in [6, 6.07) is 18.8. The largest absolute Gasteiger partial charge is 0.496 e. The first-order chi connectivity index (χ1) is 16.6. The molecule has 0 unspecified atom stereocenters. The van der Waals surface area contributed by atoms with Crippen LogP contribution in [0.5, 0.6) is 5.75 Å². The maximum Gasteiger partial charge on any atom is 0.254 e. The minimum Gasteiger partial charge on any atom is -0.496 e. The molecular weight excluding hydrogens is 448 g/mol. The molecule has 7 nitrogen and oxygen atoms in total. The summed E-state index contributed by atoms with van der Waals surface area (Å²) in [7, 11) is 1.63. The molecule has 0 fully saturated rings. The summed E-state index contributed by atoms with van der Waals surface area (Å²) >= 11 is 1.61. The third-order valence-electron chi connectivity index (χ3n) is 5.32. The van der Waals surface area contributed by atoms with Gasteiger partial charge in [-0.15, -0.1) is 11.3 Å². The molecule has 0 saturated carbocycles. The number of nitrogens with zero attached hydrogens (tertiary/aromatic N) is 3. The van der Waals surface area contributed by atoms with Crippen molar-refractivity contribution >= 4 is 28.8 Å². The summed E-state index contributed by atoms with van der Waals surface area (Å²) in [6.07, 6.45) is 5.49. The van der Waals surface area contributed by atoms with E-state index in [1.165, 1.54) is 0 Å². The van der Waals surface area contributed by atoms with Crippen molar-refractivity contribution in [2.75, 3.05) is 12.4 Å². The Bertz CT molecular complexity index is 1220. The number of carbonyl (C=O) groups is 2. The quantitative estimate of drug-likeness (QED) is 0.357. The van der Waals surface area contributed by atoms with Gasteiger partial charge in [0, 0.05) is 47.1 Å². The number of carbonyl (C=O) groups excluding carboxylic acids is 2. The van der Waals surface area contributed by atoms with E-state index in [-0.39, 0.29) is 11.8 Å². The number of aromatic nitrogens is 2. The SMILES string of the molecule is COc1ccccc1CN(Cc1cccs1)C(=O)c1cccc(NC(=O)CCn2ccnc2)c1. The highest BCUT2D eigenvalue weighted by molar-refractivity contribution is 7.09. The Morgan fingerprint density at radius 2 is 1.97 bits per heavy atom. The summed E-state index contributed by atoms with van der Waals surface area (Å²) in [5.41, 5.74) is 2.03. The third-order valence-corrected chi connectivity index (χ3v) is 6.18. The van der Waals surface area contributed by atoms with E-state index in [4.69, 9.17) is 4.74 Å². The standard InChI is InChI=1S/C26H26N4O3S/c1-33-24-10-3-2-6-21(24)17-30(18-23-9-5-15-34-23)26(32)20-7-4-8-22(16-20)28-25(31)11-13-29-14-12-27-19-29/h2-10,12,14-16,19H,11,13,17-18H2,1H3,(H,28,31). The van der Waals surface area contributed by atoms with Crippen LogP contribution in [0.4, 0.5) is 5.69 Å². The van der Waals surface area contributed by atoms with Gasteiger partial charge in [-0.2, -0.15) is 0 Å². The van der Waals surface area contributed by atoms with Crippen LogP contribution in [0, 0.1) is 0 Å². The Morgan fingerprint density at radius 3 is 2.74 bits per heavy atom. The van der Waals surface area contributed by atoms with E-state index in [2.05, 4.69) is 10.3 Å². The maximum atomic E-state index is 13.6. The normalized spacial score (nSPS) is 10.6. The van der Waals surface area contributed by atoms with E-state index >= 15 is 0 Å². The number of hydrogen-bond donors (Lipinski definition) is 1. The van der Waals surface area contributed by atoms with Gasteiger partial charge >= 0.3 is 0 Å². The van der Waals surface area contributed by atoms with Gasteiger partial charge in [0.25, 0.3) is 5.91 Å². The number of hydrogen-bond acceptors (Lipinski definition) is 5. The molecule has 1 N–H and O–H groups in total. The number of imidazole rings is 1. The number of para-hydroxylation sites is 1. The monoisotopic (exact) mass is 474 g/mol. The molecule has 2 aromatic heterocycles. The molecule has 0 aliphatic rings. The first-order valence-electron chi connectivity index (χ1n) is 10.9. The summed E-state index contributed by atoms with van der Waals surface area (Å²) in [5, 5.41) is 4.89. The summed E-state index contributed by atoms with van der Waals surface area (Å²) in [5.74, 6) is 0.502. The number of anilines is 1. The molecule has 0 atom stereocenters. The average Bonchev–Trinajstić information content (AvgIpc) is 3.57. The number of aryl methyl sites for hydroxylation is 1. The number of benzene rings is 2. The van der Waals surface area contributed by atoms with Crippen LogP contribution in [0.1, 0.15) is 27.2 Å². The molecular formula is C26H26N4O3S. The molecule has 4 aromatic rings. The van der Waals surface area contributed by atoms with E-state index in [9.17, 15) is 9.59 Å². The molecule has 174 valence electrons. The Labute approximate surface area is 202 Å². The van der Waals surface area contributed by atoms with Crippen LogP contribution >= 0.6 is 11.3 Å². The molecule has 0 aliphatic carbocycles.